The molecular weight excluding hydrogens is 138 g/mol. The van der Waals surface area contributed by atoms with Crippen molar-refractivity contribution in [2.75, 3.05) is 0 Å². The summed E-state index contributed by atoms with van der Waals surface area (Å²) in [6, 6.07) is 0. The highest BCUT2D eigenvalue weighted by atomic mass is 17.0. The van der Waals surface area contributed by atoms with Crippen molar-refractivity contribution in [3.8, 4) is 5.75 Å². The Kier molecular flexibility index (Phi) is 1.74. The van der Waals surface area contributed by atoms with Crippen LogP contribution >= 0.6 is 0 Å². The minimum absolute atomic E-state index is 0.0208. The predicted molar refractivity (Wildman–Crippen MR) is 29.7 cm³/mol. The molecule has 0 N–H and O–H groups in total. The first kappa shape index (κ1) is 6.40. The van der Waals surface area contributed by atoms with Crippen LogP contribution in [0.5, 0.6) is 5.75 Å². The van der Waals surface area contributed by atoms with Crippen molar-refractivity contribution >= 4 is 0 Å². The van der Waals surface area contributed by atoms with E-state index in [2.05, 4.69) is 14.8 Å². The molecule has 1 rings (SSSR count). The average molecular weight is 141 g/mol. The van der Waals surface area contributed by atoms with Crippen LogP contribution in [0, 0.1) is 10.1 Å². The monoisotopic (exact) mass is 141 g/mol. The van der Waals surface area contributed by atoms with E-state index in [-0.39, 0.29) is 5.75 Å². The van der Waals surface area contributed by atoms with Gasteiger partial charge in [-0.3, -0.25) is 4.84 Å². The number of aromatic nitrogens is 2. The van der Waals surface area contributed by atoms with E-state index in [9.17, 15) is 10.1 Å². The number of nitrogens with zero attached hydrogens (tertiary/aromatic N) is 3. The molecular formula is C4H3N3O3. The van der Waals surface area contributed by atoms with Gasteiger partial charge in [0.25, 0.3) is 5.09 Å². The fourth-order valence-corrected chi connectivity index (χ4v) is 0.419. The van der Waals surface area contributed by atoms with Gasteiger partial charge in [-0.2, -0.15) is 0 Å². The Morgan fingerprint density at radius 3 is 2.60 bits per heavy atom. The molecule has 1 aromatic heterocycles. The van der Waals surface area contributed by atoms with Gasteiger partial charge in [0.1, 0.15) is 6.33 Å². The first-order valence-corrected chi connectivity index (χ1v) is 2.36. The standard InChI is InChI=1S/C4H3N3O3/c8-7(9)10-4-1-5-3-6-2-4/h1-3H. The van der Waals surface area contributed by atoms with Crippen LogP contribution in [-0.2, 0) is 0 Å². The summed E-state index contributed by atoms with van der Waals surface area (Å²) in [5.41, 5.74) is 0. The molecule has 0 saturated carbocycles. The van der Waals surface area contributed by atoms with Gasteiger partial charge >= 0.3 is 0 Å². The van der Waals surface area contributed by atoms with E-state index in [4.69, 9.17) is 0 Å². The lowest BCUT2D eigenvalue weighted by molar-refractivity contribution is -0.711. The molecule has 0 aliphatic carbocycles. The predicted octanol–water partition coefficient (Wildman–Crippen LogP) is 0.0471. The summed E-state index contributed by atoms with van der Waals surface area (Å²) in [6.07, 6.45) is 3.67. The summed E-state index contributed by atoms with van der Waals surface area (Å²) in [4.78, 5) is 20.7. The SMILES string of the molecule is O=[N+]([O-])Oc1cncnc1. The smallest absolute Gasteiger partial charge is 0.273 e. The highest BCUT2D eigenvalue weighted by Gasteiger charge is 1.96. The largest absolute Gasteiger partial charge is 0.299 e. The van der Waals surface area contributed by atoms with E-state index in [1.54, 1.807) is 0 Å². The zero-order valence-electron chi connectivity index (χ0n) is 4.80. The molecule has 0 radical (unpaired) electrons. The zero-order chi connectivity index (χ0) is 7.40. The maximum Gasteiger partial charge on any atom is 0.299 e. The zero-order valence-corrected chi connectivity index (χ0v) is 4.80. The van der Waals surface area contributed by atoms with Gasteiger partial charge in [0.2, 0.25) is 0 Å². The molecule has 6 heteroatoms. The quantitative estimate of drug-likeness (QED) is 0.429. The van der Waals surface area contributed by atoms with Crippen LogP contribution < -0.4 is 4.84 Å². The van der Waals surface area contributed by atoms with Crippen molar-refractivity contribution in [1.82, 2.24) is 9.97 Å². The Bertz CT molecular complexity index is 224. The number of rotatable bonds is 2. The van der Waals surface area contributed by atoms with Gasteiger partial charge in [0, 0.05) is 0 Å². The summed E-state index contributed by atoms with van der Waals surface area (Å²) >= 11 is 0. The van der Waals surface area contributed by atoms with Crippen molar-refractivity contribution in [1.29, 1.82) is 0 Å². The Hall–Kier alpha value is -1.72. The molecule has 0 aliphatic heterocycles. The highest BCUT2D eigenvalue weighted by molar-refractivity contribution is 5.08. The lowest BCUT2D eigenvalue weighted by Gasteiger charge is -1.92. The summed E-state index contributed by atoms with van der Waals surface area (Å²) in [6.45, 7) is 0. The maximum absolute atomic E-state index is 9.70. The van der Waals surface area contributed by atoms with Gasteiger partial charge in [0.15, 0.2) is 5.75 Å². The van der Waals surface area contributed by atoms with E-state index < -0.39 is 5.09 Å². The molecule has 0 atom stereocenters. The van der Waals surface area contributed by atoms with Gasteiger partial charge in [0.05, 0.1) is 12.4 Å². The topological polar surface area (TPSA) is 78.2 Å². The third-order valence-corrected chi connectivity index (χ3v) is 0.717. The van der Waals surface area contributed by atoms with Crippen LogP contribution in [0.4, 0.5) is 0 Å². The summed E-state index contributed by atoms with van der Waals surface area (Å²) in [5.74, 6) is 0.0208. The minimum atomic E-state index is -0.918. The van der Waals surface area contributed by atoms with E-state index in [0.717, 1.165) is 0 Å². The van der Waals surface area contributed by atoms with E-state index in [0.29, 0.717) is 0 Å². The molecule has 0 saturated heterocycles. The Morgan fingerprint density at radius 1 is 1.50 bits per heavy atom. The second-order valence-electron chi connectivity index (χ2n) is 1.39. The van der Waals surface area contributed by atoms with Gasteiger partial charge < -0.3 is 0 Å². The maximum atomic E-state index is 9.70. The summed E-state index contributed by atoms with van der Waals surface area (Å²) in [5, 5.41) is 8.78. The normalized spacial score (nSPS) is 8.80. The molecule has 0 aliphatic rings. The van der Waals surface area contributed by atoms with Crippen LogP contribution in [0.25, 0.3) is 0 Å². The highest BCUT2D eigenvalue weighted by Crippen LogP contribution is 2.02. The third kappa shape index (κ3) is 1.66. The molecule has 1 heterocycles. The Balaban J connectivity index is 2.67. The van der Waals surface area contributed by atoms with Crippen molar-refractivity contribution < 1.29 is 9.92 Å². The van der Waals surface area contributed by atoms with Crippen LogP contribution in [0.15, 0.2) is 18.7 Å². The van der Waals surface area contributed by atoms with Gasteiger partial charge in [-0.1, -0.05) is 0 Å². The second kappa shape index (κ2) is 2.72. The van der Waals surface area contributed by atoms with Gasteiger partial charge in [-0.05, 0) is 0 Å². The molecule has 10 heavy (non-hydrogen) atoms. The number of hydrogen-bond acceptors (Lipinski definition) is 5. The first-order valence-electron chi connectivity index (χ1n) is 2.36. The molecule has 0 unspecified atom stereocenters. The van der Waals surface area contributed by atoms with Crippen molar-refractivity contribution in [2.24, 2.45) is 0 Å². The minimum Gasteiger partial charge on any atom is -0.273 e. The van der Waals surface area contributed by atoms with Crippen molar-refractivity contribution in [3.05, 3.63) is 28.8 Å². The third-order valence-electron chi connectivity index (χ3n) is 0.717. The Labute approximate surface area is 55.6 Å². The van der Waals surface area contributed by atoms with Crippen LogP contribution in [-0.4, -0.2) is 15.1 Å². The molecule has 0 bridgehead atoms. The van der Waals surface area contributed by atoms with E-state index in [1.165, 1.54) is 18.7 Å². The van der Waals surface area contributed by atoms with Crippen LogP contribution in [0.1, 0.15) is 0 Å². The van der Waals surface area contributed by atoms with Crippen molar-refractivity contribution in [3.63, 3.8) is 0 Å². The fraction of sp³-hybridized carbons (Fsp3) is 0. The summed E-state index contributed by atoms with van der Waals surface area (Å²) < 4.78 is 0. The second-order valence-corrected chi connectivity index (χ2v) is 1.39. The van der Waals surface area contributed by atoms with Gasteiger partial charge in [-0.25, -0.2) is 9.97 Å². The lowest BCUT2D eigenvalue weighted by Crippen LogP contribution is -2.03. The molecule has 0 amide bonds. The van der Waals surface area contributed by atoms with Crippen molar-refractivity contribution in [2.45, 2.75) is 0 Å². The molecule has 0 aromatic carbocycles. The van der Waals surface area contributed by atoms with E-state index >= 15 is 0 Å². The van der Waals surface area contributed by atoms with Crippen LogP contribution in [0.3, 0.4) is 0 Å². The fourth-order valence-electron chi connectivity index (χ4n) is 0.419. The lowest BCUT2D eigenvalue weighted by atomic mass is 10.6. The van der Waals surface area contributed by atoms with Gasteiger partial charge in [-0.15, -0.1) is 10.1 Å². The molecule has 0 spiro atoms. The molecule has 1 aromatic rings. The number of hydrogen-bond donors (Lipinski definition) is 0. The van der Waals surface area contributed by atoms with Crippen LogP contribution in [0.2, 0.25) is 0 Å². The average Bonchev–Trinajstić information content (AvgIpc) is 1.88. The summed E-state index contributed by atoms with van der Waals surface area (Å²) in [7, 11) is 0. The molecule has 6 nitrogen and oxygen atoms in total. The Morgan fingerprint density at radius 2 is 2.10 bits per heavy atom. The first-order chi connectivity index (χ1) is 4.79. The van der Waals surface area contributed by atoms with E-state index in [1.807, 2.05) is 0 Å². The molecule has 52 valence electrons. The molecule has 0 fully saturated rings.